The van der Waals surface area contributed by atoms with Crippen LogP contribution in [0, 0.1) is 17.8 Å². The SMILES string of the molecule is O=C1O[C@H](c2ccccc2)[C@H](c2ccccc2)N2[C@H]1[C@@H](C(=O)O)[C@]1(C(=O)Nc3ccc(C#CC4(O)CCCCCC4)cc31)[C@H]2c1cccc(OCCO)c1. The van der Waals surface area contributed by atoms with Crippen LogP contribution in [-0.4, -0.2) is 62.9 Å². The third kappa shape index (κ3) is 6.02. The molecule has 4 aliphatic rings. The van der Waals surface area contributed by atoms with Gasteiger partial charge in [-0.3, -0.25) is 19.3 Å². The van der Waals surface area contributed by atoms with Crippen LogP contribution in [0.2, 0.25) is 0 Å². The number of aliphatic carboxylic acids is 1. The number of rotatable bonds is 7. The number of aliphatic hydroxyl groups excluding tert-OH is 1. The van der Waals surface area contributed by atoms with Crippen molar-refractivity contribution in [2.24, 2.45) is 5.92 Å². The van der Waals surface area contributed by atoms with E-state index in [1.807, 2.05) is 71.6 Å². The van der Waals surface area contributed by atoms with Crippen LogP contribution in [0.5, 0.6) is 5.75 Å². The van der Waals surface area contributed by atoms with Gasteiger partial charge in [-0.1, -0.05) is 97.5 Å². The molecule has 8 rings (SSSR count). The van der Waals surface area contributed by atoms with Crippen LogP contribution in [0.25, 0.3) is 0 Å². The van der Waals surface area contributed by atoms with Crippen LogP contribution in [0.15, 0.2) is 103 Å². The normalized spacial score (nSPS) is 27.1. The van der Waals surface area contributed by atoms with Crippen molar-refractivity contribution >= 4 is 23.5 Å². The standard InChI is InChI=1S/C44H42N2O8/c47-24-25-53-32-17-11-16-31(27-32)39-44(33-26-28(18-19-34(33)45-42(44)51)20-23-43(52)21-9-1-2-10-22-43)35(40(48)49)37-41(50)54-38(30-14-7-4-8-15-30)36(46(37)39)29-12-5-3-6-13-29/h3-8,11-19,26-27,35-39,47,52H,1-2,9-10,21-22,24-25H2,(H,45,51)(H,48,49)/t35-,36-,37-,38+,39+,44-/m0/s1. The number of anilines is 1. The summed E-state index contributed by atoms with van der Waals surface area (Å²) >= 11 is 0. The fraction of sp³-hybridized carbons (Fsp3) is 0.341. The van der Waals surface area contributed by atoms with Crippen molar-refractivity contribution < 1.29 is 39.2 Å². The molecular weight excluding hydrogens is 684 g/mol. The zero-order valence-corrected chi connectivity index (χ0v) is 29.7. The second-order valence-electron chi connectivity index (χ2n) is 14.7. The first-order valence-corrected chi connectivity index (χ1v) is 18.6. The van der Waals surface area contributed by atoms with Gasteiger partial charge in [0.2, 0.25) is 5.91 Å². The highest BCUT2D eigenvalue weighted by Gasteiger charge is 2.74. The summed E-state index contributed by atoms with van der Waals surface area (Å²) in [6.45, 7) is -0.196. The number of carboxylic acid groups (broad SMARTS) is 1. The summed E-state index contributed by atoms with van der Waals surface area (Å²) in [5.41, 5.74) is 0.384. The van der Waals surface area contributed by atoms with Gasteiger partial charge >= 0.3 is 11.9 Å². The quantitative estimate of drug-likeness (QED) is 0.105. The average Bonchev–Trinajstić information content (AvgIpc) is 3.56. The molecule has 1 amide bonds. The molecule has 0 bridgehead atoms. The summed E-state index contributed by atoms with van der Waals surface area (Å²) in [6.07, 6.45) is 4.11. The number of aliphatic hydroxyl groups is 2. The molecule has 1 saturated carbocycles. The number of carbonyl (C=O) groups is 3. The maximum absolute atomic E-state index is 15.0. The first-order chi connectivity index (χ1) is 26.2. The minimum atomic E-state index is -1.85. The van der Waals surface area contributed by atoms with Gasteiger partial charge in [0.25, 0.3) is 0 Å². The van der Waals surface area contributed by atoms with Gasteiger partial charge in [0.15, 0.2) is 0 Å². The summed E-state index contributed by atoms with van der Waals surface area (Å²) in [7, 11) is 0. The smallest absolute Gasteiger partial charge is 0.325 e. The van der Waals surface area contributed by atoms with E-state index in [0.717, 1.165) is 36.8 Å². The highest BCUT2D eigenvalue weighted by Crippen LogP contribution is 2.65. The minimum Gasteiger partial charge on any atom is -0.491 e. The van der Waals surface area contributed by atoms with Crippen molar-refractivity contribution in [3.05, 3.63) is 131 Å². The number of hydrogen-bond donors (Lipinski definition) is 4. The van der Waals surface area contributed by atoms with E-state index in [4.69, 9.17) is 9.47 Å². The number of fused-ring (bicyclic) bond motifs is 3. The van der Waals surface area contributed by atoms with Gasteiger partial charge in [-0.05, 0) is 78.3 Å². The Balaban J connectivity index is 1.38. The van der Waals surface area contributed by atoms with E-state index < -0.39 is 59.0 Å². The van der Waals surface area contributed by atoms with E-state index in [0.29, 0.717) is 41.0 Å². The number of cyclic esters (lactones) is 1. The van der Waals surface area contributed by atoms with Gasteiger partial charge in [-0.2, -0.15) is 0 Å². The zero-order valence-electron chi connectivity index (χ0n) is 29.7. The fourth-order valence-electron chi connectivity index (χ4n) is 9.22. The largest absolute Gasteiger partial charge is 0.491 e. The molecule has 10 heteroatoms. The van der Waals surface area contributed by atoms with Crippen molar-refractivity contribution in [1.82, 2.24) is 4.90 Å². The van der Waals surface area contributed by atoms with Crippen LogP contribution in [0.3, 0.4) is 0 Å². The predicted molar refractivity (Wildman–Crippen MR) is 199 cm³/mol. The molecule has 6 atom stereocenters. The molecule has 54 heavy (non-hydrogen) atoms. The molecule has 3 fully saturated rings. The van der Waals surface area contributed by atoms with Crippen LogP contribution < -0.4 is 10.1 Å². The van der Waals surface area contributed by atoms with Gasteiger partial charge in [-0.25, -0.2) is 0 Å². The number of morpholine rings is 1. The molecule has 3 aliphatic heterocycles. The molecular formula is C44H42N2O8. The highest BCUT2D eigenvalue weighted by molar-refractivity contribution is 6.11. The Labute approximate surface area is 313 Å². The van der Waals surface area contributed by atoms with Crippen molar-refractivity contribution in [3.8, 4) is 17.6 Å². The number of carbonyl (C=O) groups excluding carboxylic acids is 2. The van der Waals surface area contributed by atoms with Crippen LogP contribution in [0.1, 0.15) is 84.5 Å². The van der Waals surface area contributed by atoms with Gasteiger partial charge < -0.3 is 30.1 Å². The maximum Gasteiger partial charge on any atom is 0.325 e. The van der Waals surface area contributed by atoms with Crippen LogP contribution >= 0.6 is 0 Å². The molecule has 0 radical (unpaired) electrons. The molecule has 10 nitrogen and oxygen atoms in total. The monoisotopic (exact) mass is 726 g/mol. The highest BCUT2D eigenvalue weighted by atomic mass is 16.6. The number of nitrogens with one attached hydrogen (secondary N) is 1. The summed E-state index contributed by atoms with van der Waals surface area (Å²) in [5, 5.41) is 35.2. The number of hydrogen-bond acceptors (Lipinski definition) is 8. The summed E-state index contributed by atoms with van der Waals surface area (Å²) in [5.74, 6) is 2.47. The first kappa shape index (κ1) is 35.6. The second kappa shape index (κ2) is 14.4. The third-order valence-corrected chi connectivity index (χ3v) is 11.5. The molecule has 3 heterocycles. The van der Waals surface area contributed by atoms with Crippen molar-refractivity contribution in [3.63, 3.8) is 0 Å². The van der Waals surface area contributed by atoms with Crippen molar-refractivity contribution in [2.75, 3.05) is 18.5 Å². The molecule has 276 valence electrons. The lowest BCUT2D eigenvalue weighted by atomic mass is 9.65. The Hall–Kier alpha value is -5.47. The van der Waals surface area contributed by atoms with E-state index in [-0.39, 0.29) is 13.2 Å². The zero-order chi connectivity index (χ0) is 37.5. The van der Waals surface area contributed by atoms with Crippen molar-refractivity contribution in [1.29, 1.82) is 0 Å². The number of carboxylic acids is 1. The van der Waals surface area contributed by atoms with E-state index >= 15 is 0 Å². The first-order valence-electron chi connectivity index (χ1n) is 18.6. The Kier molecular flexibility index (Phi) is 9.48. The lowest BCUT2D eigenvalue weighted by Crippen LogP contribution is -2.52. The molecule has 0 unspecified atom stereocenters. The number of amides is 1. The molecule has 4 N–H and O–H groups in total. The van der Waals surface area contributed by atoms with E-state index in [1.54, 1.807) is 36.4 Å². The Bertz CT molecular complexity index is 2120. The Morgan fingerprint density at radius 2 is 1.54 bits per heavy atom. The van der Waals surface area contributed by atoms with Gasteiger partial charge in [-0.15, -0.1) is 0 Å². The van der Waals surface area contributed by atoms with Crippen LogP contribution in [0.4, 0.5) is 5.69 Å². The molecule has 1 aliphatic carbocycles. The van der Waals surface area contributed by atoms with E-state index in [2.05, 4.69) is 17.2 Å². The topological polar surface area (TPSA) is 146 Å². The molecule has 0 aromatic heterocycles. The summed E-state index contributed by atoms with van der Waals surface area (Å²) in [6, 6.07) is 28.0. The van der Waals surface area contributed by atoms with Crippen LogP contribution in [-0.2, 0) is 24.5 Å². The lowest BCUT2D eigenvalue weighted by molar-refractivity contribution is -0.179. The second-order valence-corrected chi connectivity index (χ2v) is 14.7. The number of ether oxygens (including phenoxy) is 2. The van der Waals surface area contributed by atoms with Gasteiger partial charge in [0.05, 0.1) is 18.7 Å². The van der Waals surface area contributed by atoms with E-state index in [1.165, 1.54) is 0 Å². The summed E-state index contributed by atoms with van der Waals surface area (Å²) < 4.78 is 12.1. The van der Waals surface area contributed by atoms with Gasteiger partial charge in [0, 0.05) is 11.3 Å². The number of benzene rings is 4. The average molecular weight is 727 g/mol. The maximum atomic E-state index is 15.0. The third-order valence-electron chi connectivity index (χ3n) is 11.5. The van der Waals surface area contributed by atoms with E-state index in [9.17, 15) is 29.7 Å². The van der Waals surface area contributed by atoms with Crippen molar-refractivity contribution in [2.45, 2.75) is 73.8 Å². The fourth-order valence-corrected chi connectivity index (χ4v) is 9.22. The van der Waals surface area contributed by atoms with Gasteiger partial charge in [0.1, 0.15) is 41.4 Å². The molecule has 4 aromatic rings. The Morgan fingerprint density at radius 3 is 2.22 bits per heavy atom. The number of nitrogens with zero attached hydrogens (tertiary/aromatic N) is 1. The molecule has 1 spiro atoms. The summed E-state index contributed by atoms with van der Waals surface area (Å²) in [4.78, 5) is 45.3. The minimum absolute atomic E-state index is 0.0239. The lowest BCUT2D eigenvalue weighted by Gasteiger charge is -2.46. The molecule has 2 saturated heterocycles. The predicted octanol–water partition coefficient (Wildman–Crippen LogP) is 5.85. The Morgan fingerprint density at radius 1 is 0.852 bits per heavy atom. The number of esters is 1. The molecule has 4 aromatic carbocycles.